The van der Waals surface area contributed by atoms with Crippen molar-refractivity contribution in [2.24, 2.45) is 0 Å². The topological polar surface area (TPSA) is 90.7 Å². The van der Waals surface area contributed by atoms with E-state index in [1.54, 1.807) is 31.4 Å². The van der Waals surface area contributed by atoms with Gasteiger partial charge in [-0.15, -0.1) is 0 Å². The van der Waals surface area contributed by atoms with Crippen LogP contribution in [-0.4, -0.2) is 43.9 Å². The highest BCUT2D eigenvalue weighted by atomic mass is 79.9. The molecule has 0 fully saturated rings. The molecule has 222 valence electrons. The van der Waals surface area contributed by atoms with Crippen LogP contribution in [0.15, 0.2) is 83.3 Å². The van der Waals surface area contributed by atoms with E-state index in [1.807, 2.05) is 60.7 Å². The molecule has 5 rings (SSSR count). The van der Waals surface area contributed by atoms with Gasteiger partial charge in [0.2, 0.25) is 5.78 Å². The first-order valence-electron chi connectivity index (χ1n) is 13.8. The zero-order valence-corrected chi connectivity index (χ0v) is 25.6. The third-order valence-electron chi connectivity index (χ3n) is 6.92. The number of ketones is 1. The summed E-state index contributed by atoms with van der Waals surface area (Å²) in [6.45, 7) is 5.43. The second-order valence-electron chi connectivity index (χ2n) is 11.3. The lowest BCUT2D eigenvalue weighted by Crippen LogP contribution is -2.51. The van der Waals surface area contributed by atoms with Gasteiger partial charge in [-0.3, -0.25) is 9.69 Å². The van der Waals surface area contributed by atoms with Crippen molar-refractivity contribution in [1.82, 2.24) is 14.5 Å². The number of fused-ring (bicyclic) bond motifs is 1. The number of benzene rings is 3. The third-order valence-corrected chi connectivity index (χ3v) is 7.42. The fourth-order valence-electron chi connectivity index (χ4n) is 4.89. The maximum atomic E-state index is 14.9. The number of hydrogen-bond acceptors (Lipinski definition) is 6. The fraction of sp³-hybridized carbons (Fsp3) is 0.273. The monoisotopic (exact) mass is 647 g/mol. The van der Waals surface area contributed by atoms with Crippen LogP contribution < -0.4 is 0 Å². The van der Waals surface area contributed by atoms with Gasteiger partial charge in [0.05, 0.1) is 23.5 Å². The van der Waals surface area contributed by atoms with Crippen LogP contribution in [0.5, 0.6) is 0 Å². The molecule has 0 spiro atoms. The van der Waals surface area contributed by atoms with E-state index in [4.69, 9.17) is 9.47 Å². The first-order chi connectivity index (χ1) is 20.5. The average Bonchev–Trinajstić information content (AvgIpc) is 3.32. The van der Waals surface area contributed by atoms with E-state index < -0.39 is 35.3 Å². The molecule has 8 nitrogen and oxygen atoms in total. The molecule has 0 bridgehead atoms. The van der Waals surface area contributed by atoms with Crippen molar-refractivity contribution >= 4 is 33.8 Å². The number of hydrogen-bond donors (Lipinski definition) is 0. The van der Waals surface area contributed by atoms with Crippen molar-refractivity contribution in [1.29, 1.82) is 0 Å². The number of halogens is 2. The van der Waals surface area contributed by atoms with E-state index >= 15 is 0 Å². The highest BCUT2D eigenvalue weighted by Crippen LogP contribution is 2.29. The van der Waals surface area contributed by atoms with Crippen LogP contribution in [-0.2, 0) is 40.4 Å². The first-order valence-corrected chi connectivity index (χ1v) is 14.6. The minimum Gasteiger partial charge on any atom is -0.459 e. The lowest BCUT2D eigenvalue weighted by atomic mass is 10.0. The number of aromatic nitrogens is 2. The molecule has 0 saturated carbocycles. The van der Waals surface area contributed by atoms with Gasteiger partial charge in [0.25, 0.3) is 0 Å². The van der Waals surface area contributed by atoms with Gasteiger partial charge in [0.15, 0.2) is 5.82 Å². The summed E-state index contributed by atoms with van der Waals surface area (Å²) in [6.07, 6.45) is -0.702. The van der Waals surface area contributed by atoms with Crippen molar-refractivity contribution in [3.05, 3.63) is 123 Å². The van der Waals surface area contributed by atoms with Crippen LogP contribution in [0.1, 0.15) is 59.5 Å². The van der Waals surface area contributed by atoms with Crippen molar-refractivity contribution in [3.63, 3.8) is 0 Å². The normalized spacial score (nSPS) is 14.6. The van der Waals surface area contributed by atoms with Gasteiger partial charge in [-0.2, -0.15) is 0 Å². The molecule has 43 heavy (non-hydrogen) atoms. The molecule has 0 N–H and O–H groups in total. The Hall–Kier alpha value is -4.31. The molecule has 0 aliphatic carbocycles. The predicted molar refractivity (Wildman–Crippen MR) is 161 cm³/mol. The van der Waals surface area contributed by atoms with Crippen LogP contribution in [0, 0.1) is 5.82 Å². The van der Waals surface area contributed by atoms with E-state index in [1.165, 1.54) is 17.0 Å². The number of rotatable bonds is 7. The molecule has 1 aliphatic rings. The van der Waals surface area contributed by atoms with Gasteiger partial charge in [-0.25, -0.2) is 19.0 Å². The molecule has 3 aromatic carbocycles. The molecule has 1 aromatic heterocycles. The Morgan fingerprint density at radius 3 is 2.26 bits per heavy atom. The Morgan fingerprint density at radius 1 is 0.977 bits per heavy atom. The standard InChI is InChI=1S/C33H31BrFN3O5/c1-33(2,3)43-32(41)38-19-28-26(17-27(38)31(40)42-20-22-12-8-5-9-13-22)36-30(37(28)18-21-10-6-4-7-11-21)29(39)24-15-14-23(34)16-25(24)35/h4-16,27H,17-20H2,1-3H3/t27-/m0/s1. The molecule has 0 saturated heterocycles. The van der Waals surface area contributed by atoms with Gasteiger partial charge in [0.1, 0.15) is 24.1 Å². The van der Waals surface area contributed by atoms with Gasteiger partial charge in [0, 0.05) is 17.4 Å². The van der Waals surface area contributed by atoms with Crippen LogP contribution in [0.2, 0.25) is 0 Å². The van der Waals surface area contributed by atoms with Crippen molar-refractivity contribution < 1.29 is 28.2 Å². The largest absolute Gasteiger partial charge is 0.459 e. The minimum absolute atomic E-state index is 0.00686. The third kappa shape index (κ3) is 7.02. The van der Waals surface area contributed by atoms with Gasteiger partial charge >= 0.3 is 12.1 Å². The minimum atomic E-state index is -1.04. The summed E-state index contributed by atoms with van der Waals surface area (Å²) in [6, 6.07) is 21.8. The Bertz CT molecular complexity index is 1650. The molecule has 1 atom stereocenters. The predicted octanol–water partition coefficient (Wildman–Crippen LogP) is 6.47. The first kappa shape index (κ1) is 30.2. The number of carbonyl (C=O) groups is 3. The van der Waals surface area contributed by atoms with E-state index in [9.17, 15) is 18.8 Å². The lowest BCUT2D eigenvalue weighted by Gasteiger charge is -2.35. The molecule has 1 aliphatic heterocycles. The highest BCUT2D eigenvalue weighted by Gasteiger charge is 2.41. The molecule has 0 unspecified atom stereocenters. The maximum absolute atomic E-state index is 14.9. The zero-order valence-electron chi connectivity index (χ0n) is 24.1. The van der Waals surface area contributed by atoms with Gasteiger partial charge < -0.3 is 14.0 Å². The van der Waals surface area contributed by atoms with Gasteiger partial charge in [-0.1, -0.05) is 76.6 Å². The molecular weight excluding hydrogens is 617 g/mol. The van der Waals surface area contributed by atoms with Crippen molar-refractivity contribution in [2.75, 3.05) is 0 Å². The molecule has 2 heterocycles. The second-order valence-corrected chi connectivity index (χ2v) is 12.2. The zero-order chi connectivity index (χ0) is 30.7. The molecule has 4 aromatic rings. The smallest absolute Gasteiger partial charge is 0.411 e. The van der Waals surface area contributed by atoms with E-state index in [-0.39, 0.29) is 37.5 Å². The number of ether oxygens (including phenoxy) is 2. The number of esters is 1. The number of carbonyl (C=O) groups excluding carboxylic acids is 3. The molecule has 10 heteroatoms. The van der Waals surface area contributed by atoms with Crippen LogP contribution in [0.25, 0.3) is 0 Å². The molecular formula is C33H31BrFN3O5. The Labute approximate surface area is 257 Å². The fourth-order valence-corrected chi connectivity index (χ4v) is 5.23. The van der Waals surface area contributed by atoms with E-state index in [0.717, 1.165) is 11.1 Å². The summed E-state index contributed by atoms with van der Waals surface area (Å²) in [4.78, 5) is 46.6. The molecule has 1 amide bonds. The summed E-state index contributed by atoms with van der Waals surface area (Å²) >= 11 is 3.23. The summed E-state index contributed by atoms with van der Waals surface area (Å²) in [7, 11) is 0. The summed E-state index contributed by atoms with van der Waals surface area (Å²) in [5.74, 6) is -1.91. The van der Waals surface area contributed by atoms with E-state index in [0.29, 0.717) is 15.9 Å². The highest BCUT2D eigenvalue weighted by molar-refractivity contribution is 9.10. The SMILES string of the molecule is CC(C)(C)OC(=O)N1Cc2c(nc(C(=O)c3ccc(Br)cc3F)n2Cc2ccccc2)C[C@H]1C(=O)OCc1ccccc1. The van der Waals surface area contributed by atoms with Crippen LogP contribution >= 0.6 is 15.9 Å². The quantitative estimate of drug-likeness (QED) is 0.169. The maximum Gasteiger partial charge on any atom is 0.411 e. The van der Waals surface area contributed by atoms with Crippen molar-refractivity contribution in [3.8, 4) is 0 Å². The van der Waals surface area contributed by atoms with Crippen LogP contribution in [0.4, 0.5) is 9.18 Å². The van der Waals surface area contributed by atoms with Crippen LogP contribution in [0.3, 0.4) is 0 Å². The van der Waals surface area contributed by atoms with Gasteiger partial charge in [-0.05, 0) is 50.1 Å². The Morgan fingerprint density at radius 2 is 1.63 bits per heavy atom. The van der Waals surface area contributed by atoms with Crippen molar-refractivity contribution in [2.45, 2.75) is 58.5 Å². The second kappa shape index (κ2) is 12.5. The Balaban J connectivity index is 1.55. The Kier molecular flexibility index (Phi) is 8.77. The average molecular weight is 649 g/mol. The number of imidazole rings is 1. The summed E-state index contributed by atoms with van der Waals surface area (Å²) in [5.41, 5.74) is 1.73. The molecule has 0 radical (unpaired) electrons. The number of amides is 1. The van der Waals surface area contributed by atoms with E-state index in [2.05, 4.69) is 20.9 Å². The summed E-state index contributed by atoms with van der Waals surface area (Å²) < 4.78 is 28.4. The lowest BCUT2D eigenvalue weighted by molar-refractivity contribution is -0.152. The summed E-state index contributed by atoms with van der Waals surface area (Å²) in [5, 5.41) is 0. The number of nitrogens with zero attached hydrogens (tertiary/aromatic N) is 3.